The number of hydrogen-bond donors (Lipinski definition) is 1. The third-order valence-electron chi connectivity index (χ3n) is 5.22. The molecule has 3 atom stereocenters. The summed E-state index contributed by atoms with van der Waals surface area (Å²) in [5, 5.41) is 9.90. The van der Waals surface area contributed by atoms with E-state index >= 15 is 0 Å². The number of amides is 1. The van der Waals surface area contributed by atoms with Crippen LogP contribution in [0.2, 0.25) is 0 Å². The Kier molecular flexibility index (Phi) is 3.14. The first kappa shape index (κ1) is 13.1. The number of ether oxygens (including phenoxy) is 1. The van der Waals surface area contributed by atoms with Crippen LogP contribution in [0.3, 0.4) is 0 Å². The number of piperidine rings is 1. The molecule has 1 amide bonds. The summed E-state index contributed by atoms with van der Waals surface area (Å²) in [6, 6.07) is 8.36. The number of para-hydroxylation sites is 1. The number of carbonyl (C=O) groups is 1. The zero-order valence-corrected chi connectivity index (χ0v) is 12.1. The van der Waals surface area contributed by atoms with Crippen molar-refractivity contribution in [2.75, 3.05) is 6.61 Å². The minimum absolute atomic E-state index is 0.0757. The van der Waals surface area contributed by atoms with Crippen molar-refractivity contribution in [3.05, 3.63) is 29.8 Å². The molecule has 4 rings (SSSR count). The van der Waals surface area contributed by atoms with Gasteiger partial charge in [0, 0.05) is 17.6 Å². The normalized spacial score (nSPS) is 34.2. The number of rotatable bonds is 1. The Hall–Kier alpha value is -1.55. The van der Waals surface area contributed by atoms with Gasteiger partial charge in [-0.25, -0.2) is 0 Å². The van der Waals surface area contributed by atoms with Crippen molar-refractivity contribution >= 4 is 5.91 Å². The van der Waals surface area contributed by atoms with Crippen molar-refractivity contribution in [1.82, 2.24) is 4.90 Å². The first-order chi connectivity index (χ1) is 10.2. The average molecular weight is 287 g/mol. The maximum absolute atomic E-state index is 13.1. The quantitative estimate of drug-likeness (QED) is 0.860. The van der Waals surface area contributed by atoms with Crippen LogP contribution < -0.4 is 4.74 Å². The molecule has 0 saturated carbocycles. The molecular formula is C17H21NO3. The van der Waals surface area contributed by atoms with E-state index in [9.17, 15) is 9.90 Å². The summed E-state index contributed by atoms with van der Waals surface area (Å²) < 4.78 is 5.67. The van der Waals surface area contributed by atoms with Gasteiger partial charge in [0.25, 0.3) is 0 Å². The molecule has 2 bridgehead atoms. The number of nitrogens with zero attached hydrogens (tertiary/aromatic N) is 1. The lowest BCUT2D eigenvalue weighted by Gasteiger charge is -2.40. The van der Waals surface area contributed by atoms with Crippen molar-refractivity contribution in [2.24, 2.45) is 0 Å². The predicted molar refractivity (Wildman–Crippen MR) is 78.2 cm³/mol. The molecule has 2 fully saturated rings. The molecule has 1 N–H and O–H groups in total. The zero-order valence-electron chi connectivity index (χ0n) is 12.1. The van der Waals surface area contributed by atoms with Crippen LogP contribution in [-0.2, 0) is 4.79 Å². The van der Waals surface area contributed by atoms with Gasteiger partial charge in [0.1, 0.15) is 5.75 Å². The summed E-state index contributed by atoms with van der Waals surface area (Å²) in [6.45, 7) is 0.610. The van der Waals surface area contributed by atoms with Crippen molar-refractivity contribution in [3.63, 3.8) is 0 Å². The van der Waals surface area contributed by atoms with Crippen LogP contribution in [0.5, 0.6) is 5.75 Å². The Bertz CT molecular complexity index is 545. The molecule has 3 aliphatic rings. The van der Waals surface area contributed by atoms with E-state index in [0.29, 0.717) is 6.61 Å². The monoisotopic (exact) mass is 287 g/mol. The molecule has 1 aromatic carbocycles. The predicted octanol–water partition coefficient (Wildman–Crippen LogP) is 2.07. The highest BCUT2D eigenvalue weighted by molar-refractivity contribution is 5.85. The summed E-state index contributed by atoms with van der Waals surface area (Å²) >= 11 is 0. The lowest BCUT2D eigenvalue weighted by Crippen LogP contribution is -2.50. The summed E-state index contributed by atoms with van der Waals surface area (Å²) in [5.74, 6) is 1.02. The summed E-state index contributed by atoms with van der Waals surface area (Å²) in [7, 11) is 0. The molecule has 1 aromatic rings. The SMILES string of the molecule is O=C(C1CCOc2ccccc21)N1C2CCC1CC(O)C2. The molecule has 0 spiro atoms. The van der Waals surface area contributed by atoms with E-state index in [1.54, 1.807) is 0 Å². The molecule has 4 nitrogen and oxygen atoms in total. The van der Waals surface area contributed by atoms with E-state index in [-0.39, 0.29) is 30.0 Å². The largest absolute Gasteiger partial charge is 0.493 e. The Morgan fingerprint density at radius 1 is 1.14 bits per heavy atom. The van der Waals surface area contributed by atoms with E-state index in [1.165, 1.54) is 0 Å². The van der Waals surface area contributed by atoms with Gasteiger partial charge in [0.2, 0.25) is 5.91 Å². The number of benzene rings is 1. The molecule has 4 heteroatoms. The minimum atomic E-state index is -0.228. The van der Waals surface area contributed by atoms with Crippen LogP contribution in [0, 0.1) is 0 Å². The smallest absolute Gasteiger partial charge is 0.230 e. The average Bonchev–Trinajstić information content (AvgIpc) is 2.78. The van der Waals surface area contributed by atoms with Crippen LogP contribution in [0.1, 0.15) is 43.6 Å². The lowest BCUT2D eigenvalue weighted by molar-refractivity contribution is -0.139. The Balaban J connectivity index is 1.62. The highest BCUT2D eigenvalue weighted by atomic mass is 16.5. The molecule has 3 unspecified atom stereocenters. The van der Waals surface area contributed by atoms with E-state index in [2.05, 4.69) is 4.90 Å². The fourth-order valence-electron chi connectivity index (χ4n) is 4.29. The number of fused-ring (bicyclic) bond motifs is 3. The van der Waals surface area contributed by atoms with Crippen LogP contribution in [-0.4, -0.2) is 40.7 Å². The van der Waals surface area contributed by atoms with Gasteiger partial charge in [-0.05, 0) is 38.2 Å². The second-order valence-electron chi connectivity index (χ2n) is 6.48. The zero-order chi connectivity index (χ0) is 14.4. The van der Waals surface area contributed by atoms with Gasteiger partial charge in [-0.3, -0.25) is 4.79 Å². The fourth-order valence-corrected chi connectivity index (χ4v) is 4.29. The Morgan fingerprint density at radius 2 is 1.86 bits per heavy atom. The van der Waals surface area contributed by atoms with Gasteiger partial charge in [-0.15, -0.1) is 0 Å². The lowest BCUT2D eigenvalue weighted by atomic mass is 9.89. The minimum Gasteiger partial charge on any atom is -0.493 e. The number of aliphatic hydroxyl groups is 1. The molecule has 0 aromatic heterocycles. The van der Waals surface area contributed by atoms with Crippen molar-refractivity contribution < 1.29 is 14.6 Å². The van der Waals surface area contributed by atoms with Gasteiger partial charge < -0.3 is 14.7 Å². The van der Waals surface area contributed by atoms with Crippen LogP contribution in [0.25, 0.3) is 0 Å². The topological polar surface area (TPSA) is 49.8 Å². The Labute approximate surface area is 124 Å². The van der Waals surface area contributed by atoms with Gasteiger partial charge in [-0.1, -0.05) is 18.2 Å². The maximum Gasteiger partial charge on any atom is 0.230 e. The summed E-state index contributed by atoms with van der Waals surface area (Å²) in [6.07, 6.45) is 4.10. The van der Waals surface area contributed by atoms with Gasteiger partial charge in [-0.2, -0.15) is 0 Å². The number of aliphatic hydroxyl groups excluding tert-OH is 1. The van der Waals surface area contributed by atoms with Crippen LogP contribution >= 0.6 is 0 Å². The summed E-state index contributed by atoms with van der Waals surface area (Å²) in [5.41, 5.74) is 1.03. The molecule has 21 heavy (non-hydrogen) atoms. The van der Waals surface area contributed by atoms with E-state index in [0.717, 1.165) is 43.4 Å². The highest BCUT2D eigenvalue weighted by Crippen LogP contribution is 2.41. The van der Waals surface area contributed by atoms with Gasteiger partial charge in [0.05, 0.1) is 18.6 Å². The molecular weight excluding hydrogens is 266 g/mol. The molecule has 112 valence electrons. The highest BCUT2D eigenvalue weighted by Gasteiger charge is 2.45. The Morgan fingerprint density at radius 3 is 2.62 bits per heavy atom. The molecule has 3 heterocycles. The second kappa shape index (κ2) is 5.02. The van der Waals surface area contributed by atoms with Crippen molar-refractivity contribution in [3.8, 4) is 5.75 Å². The first-order valence-electron chi connectivity index (χ1n) is 7.96. The van der Waals surface area contributed by atoms with Gasteiger partial charge in [0.15, 0.2) is 0 Å². The third-order valence-corrected chi connectivity index (χ3v) is 5.22. The maximum atomic E-state index is 13.1. The van der Waals surface area contributed by atoms with E-state index in [1.807, 2.05) is 24.3 Å². The van der Waals surface area contributed by atoms with E-state index < -0.39 is 0 Å². The van der Waals surface area contributed by atoms with Crippen molar-refractivity contribution in [1.29, 1.82) is 0 Å². The van der Waals surface area contributed by atoms with Crippen molar-refractivity contribution in [2.45, 2.75) is 56.2 Å². The fraction of sp³-hybridized carbons (Fsp3) is 0.588. The number of carbonyl (C=O) groups excluding carboxylic acids is 1. The van der Waals surface area contributed by atoms with E-state index in [4.69, 9.17) is 4.74 Å². The molecule has 2 saturated heterocycles. The standard InChI is InChI=1S/C17H21NO3/c19-13-9-11-5-6-12(10-13)18(11)17(20)15-7-8-21-16-4-2-1-3-14(15)16/h1-4,11-13,15,19H,5-10H2. The number of hydrogen-bond acceptors (Lipinski definition) is 3. The second-order valence-corrected chi connectivity index (χ2v) is 6.48. The van der Waals surface area contributed by atoms with Crippen LogP contribution in [0.15, 0.2) is 24.3 Å². The van der Waals surface area contributed by atoms with Gasteiger partial charge >= 0.3 is 0 Å². The summed E-state index contributed by atoms with van der Waals surface area (Å²) in [4.78, 5) is 15.2. The molecule has 0 aliphatic carbocycles. The molecule has 3 aliphatic heterocycles. The molecule has 0 radical (unpaired) electrons. The van der Waals surface area contributed by atoms with Crippen LogP contribution in [0.4, 0.5) is 0 Å². The third kappa shape index (κ3) is 2.13. The first-order valence-corrected chi connectivity index (χ1v) is 7.96.